The van der Waals surface area contributed by atoms with Crippen LogP contribution in [0.2, 0.25) is 5.15 Å². The zero-order valence-electron chi connectivity index (χ0n) is 11.7. The van der Waals surface area contributed by atoms with E-state index in [1.54, 1.807) is 32.4 Å². The van der Waals surface area contributed by atoms with Crippen molar-refractivity contribution in [1.29, 1.82) is 0 Å². The van der Waals surface area contributed by atoms with E-state index in [4.69, 9.17) is 16.3 Å². The molecule has 0 bridgehead atoms. The number of aromatic nitrogens is 2. The second kappa shape index (κ2) is 5.21. The highest BCUT2D eigenvalue weighted by atomic mass is 35.5. The van der Waals surface area contributed by atoms with Gasteiger partial charge in [-0.15, -0.1) is 0 Å². The van der Waals surface area contributed by atoms with Crippen LogP contribution in [0.4, 0.5) is 4.79 Å². The average molecular weight is 288 g/mol. The van der Waals surface area contributed by atoms with Gasteiger partial charge in [0.1, 0.15) is 11.1 Å². The molecule has 0 fully saturated rings. The lowest BCUT2D eigenvalue weighted by molar-refractivity contribution is -0.113. The third-order valence-corrected chi connectivity index (χ3v) is 2.66. The molecule has 0 spiro atoms. The highest BCUT2D eigenvalue weighted by Crippen LogP contribution is 2.25. The van der Waals surface area contributed by atoms with Crippen LogP contribution in [0.15, 0.2) is 6.33 Å². The maximum atomic E-state index is 11.8. The third-order valence-electron chi connectivity index (χ3n) is 2.38. The van der Waals surface area contributed by atoms with Crippen molar-refractivity contribution in [2.75, 3.05) is 0 Å². The minimum absolute atomic E-state index is 0.160. The van der Waals surface area contributed by atoms with Gasteiger partial charge in [-0.05, 0) is 27.7 Å². The SMILES string of the molecule is Cn1cnc(Cl)c1C(C)(C=O)NC(=O)OC(C)(C)C. The molecular formula is C12H18ClN3O3. The van der Waals surface area contributed by atoms with Crippen LogP contribution >= 0.6 is 11.6 Å². The van der Waals surface area contributed by atoms with Crippen molar-refractivity contribution >= 4 is 24.0 Å². The Bertz CT molecular complexity index is 473. The van der Waals surface area contributed by atoms with Crippen LogP contribution < -0.4 is 5.32 Å². The number of aldehydes is 1. The van der Waals surface area contributed by atoms with Crippen LogP contribution in [-0.4, -0.2) is 27.5 Å². The third kappa shape index (κ3) is 3.70. The van der Waals surface area contributed by atoms with Gasteiger partial charge in [-0.1, -0.05) is 11.6 Å². The summed E-state index contributed by atoms with van der Waals surface area (Å²) < 4.78 is 6.71. The van der Waals surface area contributed by atoms with E-state index >= 15 is 0 Å². The van der Waals surface area contributed by atoms with E-state index in [9.17, 15) is 9.59 Å². The molecule has 6 nitrogen and oxygen atoms in total. The number of imidazole rings is 1. The molecule has 1 heterocycles. The zero-order valence-corrected chi connectivity index (χ0v) is 12.4. The lowest BCUT2D eigenvalue weighted by Crippen LogP contribution is -2.48. The highest BCUT2D eigenvalue weighted by molar-refractivity contribution is 6.30. The Hall–Kier alpha value is -1.56. The molecule has 0 aromatic carbocycles. The number of nitrogens with zero attached hydrogens (tertiary/aromatic N) is 2. The van der Waals surface area contributed by atoms with Gasteiger partial charge in [-0.2, -0.15) is 0 Å². The minimum atomic E-state index is -1.30. The largest absolute Gasteiger partial charge is 0.444 e. The summed E-state index contributed by atoms with van der Waals surface area (Å²) in [4.78, 5) is 27.0. The summed E-state index contributed by atoms with van der Waals surface area (Å²) in [6, 6.07) is 0. The summed E-state index contributed by atoms with van der Waals surface area (Å²) in [5, 5.41) is 2.67. The maximum absolute atomic E-state index is 11.8. The number of rotatable bonds is 3. The summed E-state index contributed by atoms with van der Waals surface area (Å²) in [5.74, 6) is 0. The maximum Gasteiger partial charge on any atom is 0.408 e. The van der Waals surface area contributed by atoms with Crippen molar-refractivity contribution in [3.05, 3.63) is 17.2 Å². The fourth-order valence-corrected chi connectivity index (χ4v) is 2.02. The standard InChI is InChI=1S/C12H18ClN3O3/c1-11(2,3)19-10(18)15-12(4,6-17)8-9(13)14-7-16(8)5/h6-7H,1-5H3,(H,15,18). The highest BCUT2D eigenvalue weighted by Gasteiger charge is 2.35. The Balaban J connectivity index is 3.00. The second-order valence-electron chi connectivity index (χ2n) is 5.44. The molecule has 0 aliphatic rings. The molecule has 1 aromatic rings. The molecular weight excluding hydrogens is 270 g/mol. The average Bonchev–Trinajstić information content (AvgIpc) is 2.55. The molecule has 0 saturated heterocycles. The lowest BCUT2D eigenvalue weighted by Gasteiger charge is -2.27. The Morgan fingerprint density at radius 3 is 2.42 bits per heavy atom. The summed E-state index contributed by atoms with van der Waals surface area (Å²) in [5.41, 5.74) is -1.55. The van der Waals surface area contributed by atoms with Crippen molar-refractivity contribution in [3.63, 3.8) is 0 Å². The number of nitrogens with one attached hydrogen (secondary N) is 1. The summed E-state index contributed by atoms with van der Waals surface area (Å²) in [6.07, 6.45) is 1.37. The van der Waals surface area contributed by atoms with Crippen molar-refractivity contribution in [3.8, 4) is 0 Å². The molecule has 1 unspecified atom stereocenters. The Morgan fingerprint density at radius 1 is 1.47 bits per heavy atom. The molecule has 1 rings (SSSR count). The monoisotopic (exact) mass is 287 g/mol. The molecule has 0 radical (unpaired) electrons. The van der Waals surface area contributed by atoms with Gasteiger partial charge in [-0.25, -0.2) is 9.78 Å². The predicted octanol–water partition coefficient (Wildman–Crippen LogP) is 2.01. The number of hydrogen-bond donors (Lipinski definition) is 1. The number of halogens is 1. The fourth-order valence-electron chi connectivity index (χ4n) is 1.64. The summed E-state index contributed by atoms with van der Waals surface area (Å²) >= 11 is 5.94. The van der Waals surface area contributed by atoms with Crippen LogP contribution in [0, 0.1) is 0 Å². The first-order valence-electron chi connectivity index (χ1n) is 5.74. The number of carbonyl (C=O) groups is 2. The Labute approximate surface area is 117 Å². The normalized spacial score (nSPS) is 14.6. The van der Waals surface area contributed by atoms with Crippen LogP contribution in [0.3, 0.4) is 0 Å². The molecule has 7 heteroatoms. The van der Waals surface area contributed by atoms with Gasteiger partial charge in [0.25, 0.3) is 0 Å². The van der Waals surface area contributed by atoms with E-state index in [1.165, 1.54) is 13.3 Å². The molecule has 19 heavy (non-hydrogen) atoms. The van der Waals surface area contributed by atoms with Gasteiger partial charge in [0, 0.05) is 7.05 Å². The quantitative estimate of drug-likeness (QED) is 0.863. The van der Waals surface area contributed by atoms with Crippen LogP contribution in [0.25, 0.3) is 0 Å². The van der Waals surface area contributed by atoms with Gasteiger partial charge in [-0.3, -0.25) is 0 Å². The molecule has 106 valence electrons. The second-order valence-corrected chi connectivity index (χ2v) is 5.80. The van der Waals surface area contributed by atoms with E-state index in [-0.39, 0.29) is 5.15 Å². The summed E-state index contributed by atoms with van der Waals surface area (Å²) in [7, 11) is 1.69. The number of aryl methyl sites for hydroxylation is 1. The first kappa shape index (κ1) is 15.5. The van der Waals surface area contributed by atoms with E-state index in [1.807, 2.05) is 0 Å². The van der Waals surface area contributed by atoms with Crippen molar-refractivity contribution in [2.45, 2.75) is 38.8 Å². The van der Waals surface area contributed by atoms with Crippen LogP contribution in [0.5, 0.6) is 0 Å². The van der Waals surface area contributed by atoms with Gasteiger partial charge in [0.05, 0.1) is 12.0 Å². The number of alkyl carbamates (subject to hydrolysis) is 1. The van der Waals surface area contributed by atoms with Crippen molar-refractivity contribution < 1.29 is 14.3 Å². The van der Waals surface area contributed by atoms with E-state index in [2.05, 4.69) is 10.3 Å². The molecule has 1 N–H and O–H groups in total. The Kier molecular flexibility index (Phi) is 4.25. The van der Waals surface area contributed by atoms with Gasteiger partial charge in [0.15, 0.2) is 11.4 Å². The van der Waals surface area contributed by atoms with E-state index in [0.29, 0.717) is 12.0 Å². The zero-order chi connectivity index (χ0) is 14.8. The molecule has 1 amide bonds. The van der Waals surface area contributed by atoms with Crippen LogP contribution in [-0.2, 0) is 22.1 Å². The molecule has 0 aliphatic heterocycles. The number of ether oxygens (including phenoxy) is 1. The first-order chi connectivity index (χ1) is 8.59. The Morgan fingerprint density at radius 2 is 2.05 bits per heavy atom. The number of amides is 1. The van der Waals surface area contributed by atoms with E-state index < -0.39 is 17.2 Å². The topological polar surface area (TPSA) is 73.2 Å². The number of hydrogen-bond acceptors (Lipinski definition) is 4. The van der Waals surface area contributed by atoms with Gasteiger partial charge < -0.3 is 19.4 Å². The van der Waals surface area contributed by atoms with Crippen LogP contribution in [0.1, 0.15) is 33.4 Å². The predicted molar refractivity (Wildman–Crippen MR) is 71.0 cm³/mol. The lowest BCUT2D eigenvalue weighted by atomic mass is 10.0. The first-order valence-corrected chi connectivity index (χ1v) is 6.11. The molecule has 0 aliphatic carbocycles. The molecule has 1 atom stereocenters. The van der Waals surface area contributed by atoms with Gasteiger partial charge >= 0.3 is 6.09 Å². The molecule has 0 saturated carbocycles. The van der Waals surface area contributed by atoms with E-state index in [0.717, 1.165) is 0 Å². The fraction of sp³-hybridized carbons (Fsp3) is 0.583. The van der Waals surface area contributed by atoms with Crippen molar-refractivity contribution in [1.82, 2.24) is 14.9 Å². The molecule has 1 aromatic heterocycles. The minimum Gasteiger partial charge on any atom is -0.444 e. The van der Waals surface area contributed by atoms with Crippen molar-refractivity contribution in [2.24, 2.45) is 7.05 Å². The summed E-state index contributed by atoms with van der Waals surface area (Å²) in [6.45, 7) is 6.75. The smallest absolute Gasteiger partial charge is 0.408 e. The van der Waals surface area contributed by atoms with Gasteiger partial charge in [0.2, 0.25) is 0 Å². The number of carbonyl (C=O) groups excluding carboxylic acids is 2.